The maximum atomic E-state index is 2.41. The van der Waals surface area contributed by atoms with E-state index in [1.54, 1.807) is 0 Å². The van der Waals surface area contributed by atoms with Crippen LogP contribution in [0.2, 0.25) is 0 Å². The van der Waals surface area contributed by atoms with E-state index in [0.717, 1.165) is 11.8 Å². The summed E-state index contributed by atoms with van der Waals surface area (Å²) >= 11 is 0. The summed E-state index contributed by atoms with van der Waals surface area (Å²) < 4.78 is 0. The highest BCUT2D eigenvalue weighted by Gasteiger charge is 2.32. The van der Waals surface area contributed by atoms with E-state index in [-0.39, 0.29) is 0 Å². The Kier molecular flexibility index (Phi) is 10.7. The fourth-order valence-electron chi connectivity index (χ4n) is 2.43. The number of hydrogen-bond acceptors (Lipinski definition) is 0. The lowest BCUT2D eigenvalue weighted by molar-refractivity contribution is 0.196. The van der Waals surface area contributed by atoms with Gasteiger partial charge in [0.2, 0.25) is 0 Å². The predicted molar refractivity (Wildman–Crippen MR) is 73.3 cm³/mol. The minimum atomic E-state index is 0.552. The molecule has 0 aromatic rings. The first-order valence-corrected chi connectivity index (χ1v) is 6.93. The maximum absolute atomic E-state index is 2.41. The molecule has 1 saturated carbocycles. The zero-order valence-electron chi connectivity index (χ0n) is 12.5. The van der Waals surface area contributed by atoms with Crippen molar-refractivity contribution in [1.82, 2.24) is 0 Å². The lowest BCUT2D eigenvalue weighted by Gasteiger charge is -2.30. The van der Waals surface area contributed by atoms with Crippen molar-refractivity contribution in [2.75, 3.05) is 0 Å². The Morgan fingerprint density at radius 1 is 1.00 bits per heavy atom. The van der Waals surface area contributed by atoms with E-state index in [0.29, 0.717) is 5.41 Å². The van der Waals surface area contributed by atoms with Gasteiger partial charge in [-0.1, -0.05) is 74.7 Å². The van der Waals surface area contributed by atoms with Crippen LogP contribution in [0.15, 0.2) is 0 Å². The molecule has 1 aliphatic carbocycles. The molecule has 0 amide bonds. The average molecular weight is 214 g/mol. The van der Waals surface area contributed by atoms with Crippen molar-refractivity contribution < 1.29 is 0 Å². The van der Waals surface area contributed by atoms with Crippen molar-refractivity contribution in [3.63, 3.8) is 0 Å². The van der Waals surface area contributed by atoms with E-state index in [1.165, 1.54) is 25.7 Å². The van der Waals surface area contributed by atoms with Crippen LogP contribution in [0.4, 0.5) is 0 Å². The van der Waals surface area contributed by atoms with Gasteiger partial charge in [-0.15, -0.1) is 0 Å². The van der Waals surface area contributed by atoms with E-state index in [9.17, 15) is 0 Å². The molecule has 1 fully saturated rings. The molecule has 0 heterocycles. The molecule has 0 N–H and O–H groups in total. The van der Waals surface area contributed by atoms with E-state index >= 15 is 0 Å². The van der Waals surface area contributed by atoms with Crippen molar-refractivity contribution in [3.8, 4) is 0 Å². The molecule has 0 radical (unpaired) electrons. The Bertz CT molecular complexity index is 118. The standard InChI is InChI=1S/C10H20.C3H8.C2H6/c1-8-6-5-7-9(8)10(2,3)4;1-3-2;1-2/h8-9H,5-7H2,1-4H3;3H2,1-2H3;1-2H3. The van der Waals surface area contributed by atoms with Gasteiger partial charge in [-0.3, -0.25) is 0 Å². The van der Waals surface area contributed by atoms with Gasteiger partial charge in [0.15, 0.2) is 0 Å². The van der Waals surface area contributed by atoms with Crippen LogP contribution in [0.5, 0.6) is 0 Å². The third kappa shape index (κ3) is 7.88. The van der Waals surface area contributed by atoms with Crippen LogP contribution in [-0.2, 0) is 0 Å². The Hall–Kier alpha value is 0. The van der Waals surface area contributed by atoms with Crippen LogP contribution in [0, 0.1) is 17.3 Å². The van der Waals surface area contributed by atoms with Crippen molar-refractivity contribution in [2.45, 2.75) is 81.1 Å². The normalized spacial score (nSPS) is 24.8. The molecule has 2 unspecified atom stereocenters. The van der Waals surface area contributed by atoms with Crippen LogP contribution in [0.1, 0.15) is 81.1 Å². The molecule has 0 aromatic heterocycles. The summed E-state index contributed by atoms with van der Waals surface area (Å²) in [5.41, 5.74) is 0.552. The topological polar surface area (TPSA) is 0 Å². The summed E-state index contributed by atoms with van der Waals surface area (Å²) in [6, 6.07) is 0. The second-order valence-electron chi connectivity index (χ2n) is 5.59. The molecule has 15 heavy (non-hydrogen) atoms. The second kappa shape index (κ2) is 9.24. The largest absolute Gasteiger partial charge is 0.0683 e. The molecular weight excluding hydrogens is 180 g/mol. The monoisotopic (exact) mass is 214 g/mol. The Morgan fingerprint density at radius 3 is 1.53 bits per heavy atom. The third-order valence-corrected chi connectivity index (χ3v) is 2.97. The molecule has 94 valence electrons. The van der Waals surface area contributed by atoms with Crippen LogP contribution in [-0.4, -0.2) is 0 Å². The van der Waals surface area contributed by atoms with Crippen LogP contribution in [0.3, 0.4) is 0 Å². The van der Waals surface area contributed by atoms with Crippen LogP contribution >= 0.6 is 0 Å². The van der Waals surface area contributed by atoms with E-state index < -0.39 is 0 Å². The van der Waals surface area contributed by atoms with Crippen molar-refractivity contribution in [1.29, 1.82) is 0 Å². The average Bonchev–Trinajstić information content (AvgIpc) is 2.55. The molecule has 0 spiro atoms. The fraction of sp³-hybridized carbons (Fsp3) is 1.00. The van der Waals surface area contributed by atoms with Gasteiger partial charge in [0.05, 0.1) is 0 Å². The van der Waals surface area contributed by atoms with E-state index in [4.69, 9.17) is 0 Å². The fourth-order valence-corrected chi connectivity index (χ4v) is 2.43. The minimum absolute atomic E-state index is 0.552. The van der Waals surface area contributed by atoms with Crippen LogP contribution in [0.25, 0.3) is 0 Å². The highest BCUT2D eigenvalue weighted by atomic mass is 14.4. The Morgan fingerprint density at radius 2 is 1.40 bits per heavy atom. The van der Waals surface area contributed by atoms with Gasteiger partial charge in [-0.05, 0) is 23.7 Å². The minimum Gasteiger partial charge on any atom is -0.0683 e. The van der Waals surface area contributed by atoms with Gasteiger partial charge in [0, 0.05) is 0 Å². The molecule has 0 heteroatoms. The SMILES string of the molecule is CC.CC1CCCC1C(C)(C)C.CCC. The van der Waals surface area contributed by atoms with Gasteiger partial charge in [-0.2, -0.15) is 0 Å². The van der Waals surface area contributed by atoms with Gasteiger partial charge in [0.25, 0.3) is 0 Å². The second-order valence-corrected chi connectivity index (χ2v) is 5.59. The van der Waals surface area contributed by atoms with E-state index in [1.807, 2.05) is 13.8 Å². The number of hydrogen-bond donors (Lipinski definition) is 0. The molecule has 1 aliphatic rings. The van der Waals surface area contributed by atoms with Crippen molar-refractivity contribution >= 4 is 0 Å². The molecule has 0 nitrogen and oxygen atoms in total. The molecule has 0 bridgehead atoms. The highest BCUT2D eigenvalue weighted by Crippen LogP contribution is 2.42. The molecular formula is C15H34. The summed E-state index contributed by atoms with van der Waals surface area (Å²) in [4.78, 5) is 0. The molecule has 1 rings (SSSR count). The zero-order valence-corrected chi connectivity index (χ0v) is 12.5. The van der Waals surface area contributed by atoms with Gasteiger partial charge >= 0.3 is 0 Å². The lowest BCUT2D eigenvalue weighted by Crippen LogP contribution is -2.22. The zero-order chi connectivity index (χ0) is 12.5. The number of rotatable bonds is 0. The molecule has 0 aromatic carbocycles. The van der Waals surface area contributed by atoms with E-state index in [2.05, 4.69) is 41.5 Å². The summed E-state index contributed by atoms with van der Waals surface area (Å²) in [6.07, 6.45) is 5.63. The molecule has 0 aliphatic heterocycles. The lowest BCUT2D eigenvalue weighted by atomic mass is 9.75. The summed E-state index contributed by atoms with van der Waals surface area (Å²) in [7, 11) is 0. The first-order valence-electron chi connectivity index (χ1n) is 6.93. The Labute approximate surface area is 98.9 Å². The first kappa shape index (κ1) is 17.4. The quantitative estimate of drug-likeness (QED) is 0.470. The molecule has 2 atom stereocenters. The molecule has 0 saturated heterocycles. The van der Waals surface area contributed by atoms with Crippen molar-refractivity contribution in [2.24, 2.45) is 17.3 Å². The van der Waals surface area contributed by atoms with Crippen LogP contribution < -0.4 is 0 Å². The highest BCUT2D eigenvalue weighted by molar-refractivity contribution is 4.83. The van der Waals surface area contributed by atoms with Gasteiger partial charge < -0.3 is 0 Å². The summed E-state index contributed by atoms with van der Waals surface area (Å²) in [6.45, 7) is 17.8. The summed E-state index contributed by atoms with van der Waals surface area (Å²) in [5.74, 6) is 1.95. The smallest absolute Gasteiger partial charge is 0.0340 e. The maximum Gasteiger partial charge on any atom is -0.0340 e. The Balaban J connectivity index is 0. The predicted octanol–water partition coefficient (Wildman–Crippen LogP) is 5.91. The third-order valence-electron chi connectivity index (χ3n) is 2.97. The first-order chi connectivity index (χ1) is 6.93. The van der Waals surface area contributed by atoms with Crippen molar-refractivity contribution in [3.05, 3.63) is 0 Å². The summed E-state index contributed by atoms with van der Waals surface area (Å²) in [5, 5.41) is 0. The van der Waals surface area contributed by atoms with Gasteiger partial charge in [-0.25, -0.2) is 0 Å². The van der Waals surface area contributed by atoms with Gasteiger partial charge in [0.1, 0.15) is 0 Å².